The molecule has 42 heavy (non-hydrogen) atoms. The molecule has 0 spiro atoms. The van der Waals surface area contributed by atoms with Crippen molar-refractivity contribution < 1.29 is 28.5 Å². The highest BCUT2D eigenvalue weighted by Gasteiger charge is 2.22. The number of carbonyl (C=O) groups is 1. The van der Waals surface area contributed by atoms with E-state index in [1.165, 1.54) is 12.1 Å². The number of halogens is 3. The van der Waals surface area contributed by atoms with E-state index in [0.717, 1.165) is 18.4 Å². The number of pyridine rings is 1. The second-order valence-corrected chi connectivity index (χ2v) is 10.6. The fourth-order valence-electron chi connectivity index (χ4n) is 4.77. The minimum atomic E-state index is -1.02. The minimum Gasteiger partial charge on any atom is -0.478 e. The first kappa shape index (κ1) is 28.0. The first-order valence-corrected chi connectivity index (χ1v) is 14.0. The third-order valence-electron chi connectivity index (χ3n) is 6.91. The molecule has 6 rings (SSSR count). The summed E-state index contributed by atoms with van der Waals surface area (Å²) in [7, 11) is 0. The number of fused-ring (bicyclic) bond motifs is 1. The first-order chi connectivity index (χ1) is 20.3. The highest BCUT2D eigenvalue weighted by atomic mass is 35.5. The predicted molar refractivity (Wildman–Crippen MR) is 156 cm³/mol. The maximum absolute atomic E-state index is 14.1. The smallest absolute Gasteiger partial charge is 0.335 e. The summed E-state index contributed by atoms with van der Waals surface area (Å²) < 4.78 is 33.7. The number of aromatic carboxylic acids is 1. The van der Waals surface area contributed by atoms with Gasteiger partial charge < -0.3 is 19.3 Å². The van der Waals surface area contributed by atoms with Gasteiger partial charge in [-0.25, -0.2) is 14.2 Å². The number of carboxylic acids is 1. The van der Waals surface area contributed by atoms with Gasteiger partial charge in [-0.3, -0.25) is 4.57 Å². The number of ether oxygens (including phenoxy) is 3. The lowest BCUT2D eigenvalue weighted by Crippen LogP contribution is -2.15. The Balaban J connectivity index is 1.24. The number of hydrogen-bond donors (Lipinski definition) is 1. The Kier molecular flexibility index (Phi) is 7.97. The fraction of sp³-hybridized carbons (Fsp3) is 0.194. The van der Waals surface area contributed by atoms with Gasteiger partial charge in [0.1, 0.15) is 18.2 Å². The molecule has 214 valence electrons. The number of rotatable bonds is 9. The molecule has 0 aliphatic carbocycles. The van der Waals surface area contributed by atoms with Crippen molar-refractivity contribution in [3.05, 3.63) is 99.8 Å². The molecule has 1 fully saturated rings. The van der Waals surface area contributed by atoms with Crippen molar-refractivity contribution >= 4 is 40.2 Å². The Morgan fingerprint density at radius 1 is 1.07 bits per heavy atom. The van der Waals surface area contributed by atoms with Gasteiger partial charge in [0, 0.05) is 28.8 Å². The van der Waals surface area contributed by atoms with Gasteiger partial charge in [0.2, 0.25) is 5.88 Å². The summed E-state index contributed by atoms with van der Waals surface area (Å²) in [5, 5.41) is 10.1. The van der Waals surface area contributed by atoms with E-state index >= 15 is 0 Å². The Morgan fingerprint density at radius 2 is 1.95 bits per heavy atom. The normalized spacial score (nSPS) is 14.8. The quantitative estimate of drug-likeness (QED) is 0.183. The molecule has 11 heteroatoms. The lowest BCUT2D eigenvalue weighted by Gasteiger charge is -2.15. The second kappa shape index (κ2) is 12.0. The average molecular weight is 608 g/mol. The number of carboxylic acid groups (broad SMARTS) is 1. The van der Waals surface area contributed by atoms with Crippen molar-refractivity contribution in [2.75, 3.05) is 6.61 Å². The molecule has 0 radical (unpaired) electrons. The number of imidazole rings is 1. The van der Waals surface area contributed by atoms with Gasteiger partial charge >= 0.3 is 12.0 Å². The fourth-order valence-corrected chi connectivity index (χ4v) is 5.15. The molecule has 0 bridgehead atoms. The Bertz CT molecular complexity index is 1790. The molecule has 0 amide bonds. The van der Waals surface area contributed by atoms with E-state index < -0.39 is 11.8 Å². The van der Waals surface area contributed by atoms with Gasteiger partial charge in [0.05, 0.1) is 40.0 Å². The average Bonchev–Trinajstić information content (AvgIpc) is 3.61. The zero-order valence-corrected chi connectivity index (χ0v) is 23.6. The van der Waals surface area contributed by atoms with Gasteiger partial charge in [-0.2, -0.15) is 4.98 Å². The number of hydrogen-bond acceptors (Lipinski definition) is 6. The lowest BCUT2D eigenvalue weighted by atomic mass is 10.1. The van der Waals surface area contributed by atoms with Crippen LogP contribution in [0.4, 0.5) is 4.39 Å². The van der Waals surface area contributed by atoms with Crippen molar-refractivity contribution in [2.24, 2.45) is 0 Å². The van der Waals surface area contributed by atoms with Crippen molar-refractivity contribution in [3.8, 4) is 28.9 Å². The predicted octanol–water partition coefficient (Wildman–Crippen LogP) is 7.79. The van der Waals surface area contributed by atoms with Crippen LogP contribution in [0, 0.1) is 5.82 Å². The van der Waals surface area contributed by atoms with Crippen LogP contribution in [0.1, 0.15) is 28.8 Å². The van der Waals surface area contributed by atoms with E-state index in [1.807, 2.05) is 16.7 Å². The van der Waals surface area contributed by atoms with Crippen LogP contribution in [0.3, 0.4) is 0 Å². The topological polar surface area (TPSA) is 95.7 Å². The number of aromatic nitrogens is 3. The third kappa shape index (κ3) is 6.04. The van der Waals surface area contributed by atoms with Gasteiger partial charge in [0.25, 0.3) is 0 Å². The lowest BCUT2D eigenvalue weighted by molar-refractivity contribution is 0.0697. The zero-order chi connectivity index (χ0) is 29.2. The summed E-state index contributed by atoms with van der Waals surface area (Å²) >= 11 is 12.5. The highest BCUT2D eigenvalue weighted by Crippen LogP contribution is 2.35. The molecule has 1 saturated heterocycles. The van der Waals surface area contributed by atoms with Gasteiger partial charge in [-0.1, -0.05) is 35.3 Å². The third-order valence-corrected chi connectivity index (χ3v) is 7.44. The zero-order valence-electron chi connectivity index (χ0n) is 22.1. The summed E-state index contributed by atoms with van der Waals surface area (Å²) in [6.45, 7) is 1.13. The summed E-state index contributed by atoms with van der Waals surface area (Å²) in [5.41, 5.74) is 3.06. The molecule has 1 aliphatic rings. The molecular weight excluding hydrogens is 584 g/mol. The number of nitrogens with zero attached hydrogens (tertiary/aromatic N) is 3. The maximum Gasteiger partial charge on any atom is 0.335 e. The SMILES string of the molecule is O=C(O)c1ccc2nc(Oc3ccc(-c4cccc(OCc5ccc(Cl)cc5F)n4)cc3Cl)n(CC3CCCO3)c2c1. The molecule has 2 aromatic heterocycles. The van der Waals surface area contributed by atoms with Crippen LogP contribution in [0.2, 0.25) is 10.0 Å². The molecule has 3 heterocycles. The van der Waals surface area contributed by atoms with Crippen LogP contribution in [-0.2, 0) is 17.9 Å². The van der Waals surface area contributed by atoms with Gasteiger partial charge in [-0.15, -0.1) is 0 Å². The van der Waals surface area contributed by atoms with Gasteiger partial charge in [0.15, 0.2) is 0 Å². The van der Waals surface area contributed by atoms with Crippen LogP contribution in [0.25, 0.3) is 22.3 Å². The maximum atomic E-state index is 14.1. The molecule has 5 aromatic rings. The molecular formula is C31H24Cl2FN3O5. The molecule has 1 N–H and O–H groups in total. The Morgan fingerprint density at radius 3 is 2.71 bits per heavy atom. The van der Waals surface area contributed by atoms with E-state index in [-0.39, 0.29) is 24.3 Å². The van der Waals surface area contributed by atoms with Crippen LogP contribution in [-0.4, -0.2) is 38.3 Å². The molecule has 1 atom stereocenters. The number of benzene rings is 3. The van der Waals surface area contributed by atoms with E-state index in [0.29, 0.717) is 57.1 Å². The second-order valence-electron chi connectivity index (χ2n) is 9.78. The summed E-state index contributed by atoms with van der Waals surface area (Å²) in [4.78, 5) is 20.7. The molecule has 1 unspecified atom stereocenters. The van der Waals surface area contributed by atoms with Crippen LogP contribution >= 0.6 is 23.2 Å². The van der Waals surface area contributed by atoms with E-state index in [2.05, 4.69) is 9.97 Å². The van der Waals surface area contributed by atoms with Crippen LogP contribution in [0.15, 0.2) is 72.8 Å². The standard InChI is InChI=1S/C31H24Cl2FN3O5/c32-21-9-6-20(24(34)15-21)17-41-29-5-1-4-25(35-29)18-8-11-28(23(33)13-18)42-31-36-26-10-7-19(30(38)39)14-27(26)37(31)16-22-3-2-12-40-22/h1,4-11,13-15,22H,2-3,12,16-17H2,(H,38,39). The van der Waals surface area contributed by atoms with E-state index in [9.17, 15) is 14.3 Å². The van der Waals surface area contributed by atoms with Gasteiger partial charge in [-0.05, 0) is 67.4 Å². The van der Waals surface area contributed by atoms with Crippen LogP contribution < -0.4 is 9.47 Å². The van der Waals surface area contributed by atoms with Crippen molar-refractivity contribution in [2.45, 2.75) is 32.1 Å². The molecule has 8 nitrogen and oxygen atoms in total. The molecule has 3 aromatic carbocycles. The van der Waals surface area contributed by atoms with E-state index in [4.69, 9.17) is 37.4 Å². The van der Waals surface area contributed by atoms with Crippen molar-refractivity contribution in [3.63, 3.8) is 0 Å². The molecule has 0 saturated carbocycles. The Labute approximate surface area is 250 Å². The largest absolute Gasteiger partial charge is 0.478 e. The van der Waals surface area contributed by atoms with E-state index in [1.54, 1.807) is 48.5 Å². The highest BCUT2D eigenvalue weighted by molar-refractivity contribution is 6.32. The van der Waals surface area contributed by atoms with Crippen molar-refractivity contribution in [1.82, 2.24) is 14.5 Å². The summed E-state index contributed by atoms with van der Waals surface area (Å²) in [6.07, 6.45) is 1.81. The summed E-state index contributed by atoms with van der Waals surface area (Å²) in [6, 6.07) is 20.0. The monoisotopic (exact) mass is 607 g/mol. The van der Waals surface area contributed by atoms with Crippen LogP contribution in [0.5, 0.6) is 17.6 Å². The van der Waals surface area contributed by atoms with Crippen molar-refractivity contribution in [1.29, 1.82) is 0 Å². The minimum absolute atomic E-state index is 0.00611. The molecule has 1 aliphatic heterocycles. The summed E-state index contributed by atoms with van der Waals surface area (Å²) in [5.74, 6) is -0.786. The first-order valence-electron chi connectivity index (χ1n) is 13.2. The Hall–Kier alpha value is -4.18.